The highest BCUT2D eigenvalue weighted by molar-refractivity contribution is 7.89. The first kappa shape index (κ1) is 18.8. The van der Waals surface area contributed by atoms with E-state index in [1.165, 1.54) is 6.07 Å². The van der Waals surface area contributed by atoms with Crippen LogP contribution in [0.1, 0.15) is 12.5 Å². The van der Waals surface area contributed by atoms with E-state index in [2.05, 4.69) is 16.6 Å². The fraction of sp³-hybridized carbons (Fsp3) is 0.263. The van der Waals surface area contributed by atoms with E-state index in [-0.39, 0.29) is 18.0 Å². The summed E-state index contributed by atoms with van der Waals surface area (Å²) in [5.41, 5.74) is 1.03. The van der Waals surface area contributed by atoms with E-state index < -0.39 is 10.0 Å². The number of sulfonamides is 1. The second kappa shape index (κ2) is 9.11. The van der Waals surface area contributed by atoms with Gasteiger partial charge in [0.05, 0.1) is 13.2 Å². The molecule has 1 N–H and O–H groups in total. The smallest absolute Gasteiger partial charge is 0.245 e. The molecule has 0 unspecified atom stereocenters. The van der Waals surface area contributed by atoms with Gasteiger partial charge >= 0.3 is 0 Å². The van der Waals surface area contributed by atoms with Gasteiger partial charge in [0.1, 0.15) is 23.0 Å². The van der Waals surface area contributed by atoms with Gasteiger partial charge in [-0.05, 0) is 37.6 Å². The van der Waals surface area contributed by atoms with E-state index in [9.17, 15) is 8.42 Å². The first-order valence-corrected chi connectivity index (χ1v) is 9.38. The van der Waals surface area contributed by atoms with Gasteiger partial charge in [-0.2, -0.15) is 4.72 Å². The van der Waals surface area contributed by atoms with Crippen LogP contribution in [0, 0.1) is 18.8 Å². The molecule has 0 aliphatic heterocycles. The molecule has 2 rings (SSSR count). The zero-order valence-electron chi connectivity index (χ0n) is 14.3. The molecule has 0 spiro atoms. The molecule has 132 valence electrons. The quantitative estimate of drug-likeness (QED) is 0.772. The fourth-order valence-corrected chi connectivity index (χ4v) is 3.17. The number of rotatable bonds is 7. The highest BCUT2D eigenvalue weighted by atomic mass is 32.2. The van der Waals surface area contributed by atoms with Gasteiger partial charge in [0.2, 0.25) is 10.0 Å². The minimum Gasteiger partial charge on any atom is -0.492 e. The second-order valence-electron chi connectivity index (χ2n) is 5.11. The van der Waals surface area contributed by atoms with Crippen molar-refractivity contribution in [3.05, 3.63) is 54.1 Å². The number of para-hydroxylation sites is 2. The van der Waals surface area contributed by atoms with Gasteiger partial charge < -0.3 is 9.47 Å². The van der Waals surface area contributed by atoms with E-state index in [1.807, 2.05) is 31.2 Å². The van der Waals surface area contributed by atoms with Crippen molar-refractivity contribution in [3.63, 3.8) is 0 Å². The largest absolute Gasteiger partial charge is 0.492 e. The second-order valence-corrected chi connectivity index (χ2v) is 6.85. The van der Waals surface area contributed by atoms with Gasteiger partial charge in [-0.15, -0.1) is 0 Å². The Bertz CT molecular complexity index is 866. The van der Waals surface area contributed by atoms with Gasteiger partial charge in [-0.25, -0.2) is 8.42 Å². The lowest BCUT2D eigenvalue weighted by Crippen LogP contribution is -2.24. The molecule has 0 heterocycles. The maximum atomic E-state index is 12.3. The molecule has 2 aromatic carbocycles. The summed E-state index contributed by atoms with van der Waals surface area (Å²) in [7, 11) is -3.68. The van der Waals surface area contributed by atoms with Crippen LogP contribution in [0.4, 0.5) is 0 Å². The monoisotopic (exact) mass is 359 g/mol. The average Bonchev–Trinajstić information content (AvgIpc) is 2.60. The Morgan fingerprint density at radius 2 is 1.64 bits per heavy atom. The number of aryl methyl sites for hydroxylation is 1. The van der Waals surface area contributed by atoms with Crippen molar-refractivity contribution in [2.24, 2.45) is 0 Å². The van der Waals surface area contributed by atoms with E-state index in [0.717, 1.165) is 11.3 Å². The third kappa shape index (κ3) is 5.52. The molecular formula is C19H21NO4S. The Balaban J connectivity index is 1.90. The molecule has 0 atom stereocenters. The molecule has 25 heavy (non-hydrogen) atoms. The minimum absolute atomic E-state index is 0.0000750. The van der Waals surface area contributed by atoms with E-state index in [4.69, 9.17) is 9.47 Å². The Hall–Kier alpha value is -2.49. The molecule has 0 saturated heterocycles. The predicted molar refractivity (Wildman–Crippen MR) is 97.2 cm³/mol. The molecular weight excluding hydrogens is 338 g/mol. The van der Waals surface area contributed by atoms with Gasteiger partial charge in [-0.3, -0.25) is 0 Å². The van der Waals surface area contributed by atoms with Crippen LogP contribution in [0.15, 0.2) is 53.4 Å². The molecule has 0 fully saturated rings. The number of ether oxygens (including phenoxy) is 2. The lowest BCUT2D eigenvalue weighted by atomic mass is 10.2. The van der Waals surface area contributed by atoms with Crippen molar-refractivity contribution in [2.75, 3.05) is 19.8 Å². The van der Waals surface area contributed by atoms with Gasteiger partial charge in [0, 0.05) is 0 Å². The molecule has 6 heteroatoms. The average molecular weight is 359 g/mol. The van der Waals surface area contributed by atoms with Crippen LogP contribution in [-0.2, 0) is 10.0 Å². The molecule has 0 radical (unpaired) electrons. The molecule has 0 bridgehead atoms. The molecule has 5 nitrogen and oxygen atoms in total. The molecule has 0 amide bonds. The van der Waals surface area contributed by atoms with Crippen molar-refractivity contribution in [2.45, 2.75) is 18.7 Å². The molecule has 0 saturated carbocycles. The van der Waals surface area contributed by atoms with Gasteiger partial charge in [0.25, 0.3) is 0 Å². The maximum absolute atomic E-state index is 12.3. The van der Waals surface area contributed by atoms with Crippen molar-refractivity contribution in [3.8, 4) is 23.3 Å². The van der Waals surface area contributed by atoms with Crippen molar-refractivity contribution in [1.82, 2.24) is 4.72 Å². The number of hydrogen-bond donors (Lipinski definition) is 1. The number of hydrogen-bond acceptors (Lipinski definition) is 4. The van der Waals surface area contributed by atoms with Crippen LogP contribution in [0.2, 0.25) is 0 Å². The van der Waals surface area contributed by atoms with Crippen molar-refractivity contribution < 1.29 is 17.9 Å². The lowest BCUT2D eigenvalue weighted by molar-refractivity contribution is 0.331. The predicted octanol–water partition coefficient (Wildman–Crippen LogP) is 2.75. The van der Waals surface area contributed by atoms with Crippen LogP contribution >= 0.6 is 0 Å². The zero-order chi connectivity index (χ0) is 18.1. The SMILES string of the molecule is CCOc1ccccc1S(=O)(=O)NCC#CCOc1ccccc1C. The van der Waals surface area contributed by atoms with Crippen molar-refractivity contribution >= 4 is 10.0 Å². The molecule has 2 aromatic rings. The normalized spacial score (nSPS) is 10.6. The minimum atomic E-state index is -3.68. The summed E-state index contributed by atoms with van der Waals surface area (Å²) in [6.45, 7) is 4.34. The Morgan fingerprint density at radius 1 is 0.960 bits per heavy atom. The number of benzene rings is 2. The lowest BCUT2D eigenvalue weighted by Gasteiger charge is -2.10. The molecule has 0 aliphatic carbocycles. The molecule has 0 aromatic heterocycles. The van der Waals surface area contributed by atoms with Crippen LogP contribution in [-0.4, -0.2) is 28.2 Å². The third-order valence-corrected chi connectivity index (χ3v) is 4.75. The number of nitrogens with one attached hydrogen (secondary N) is 1. The van der Waals surface area contributed by atoms with Crippen LogP contribution in [0.3, 0.4) is 0 Å². The first-order chi connectivity index (χ1) is 12.0. The summed E-state index contributed by atoms with van der Waals surface area (Å²) in [4.78, 5) is 0.106. The Labute approximate surface area is 149 Å². The van der Waals surface area contributed by atoms with Crippen LogP contribution in [0.25, 0.3) is 0 Å². The van der Waals surface area contributed by atoms with Crippen LogP contribution < -0.4 is 14.2 Å². The summed E-state index contributed by atoms with van der Waals surface area (Å²) in [5.74, 6) is 6.63. The Kier molecular flexibility index (Phi) is 6.87. The van der Waals surface area contributed by atoms with Gasteiger partial charge in [0.15, 0.2) is 0 Å². The summed E-state index contributed by atoms with van der Waals surface area (Å²) in [5, 5.41) is 0. The van der Waals surface area contributed by atoms with Gasteiger partial charge in [-0.1, -0.05) is 42.2 Å². The summed E-state index contributed by atoms with van der Waals surface area (Å²) < 4.78 is 38.0. The highest BCUT2D eigenvalue weighted by Gasteiger charge is 2.17. The fourth-order valence-electron chi connectivity index (χ4n) is 2.10. The third-order valence-electron chi connectivity index (χ3n) is 3.31. The van der Waals surface area contributed by atoms with Crippen LogP contribution in [0.5, 0.6) is 11.5 Å². The zero-order valence-corrected chi connectivity index (χ0v) is 15.1. The summed E-state index contributed by atoms with van der Waals surface area (Å²) in [6.07, 6.45) is 0. The summed E-state index contributed by atoms with van der Waals surface area (Å²) in [6, 6.07) is 14.1. The molecule has 0 aliphatic rings. The van der Waals surface area contributed by atoms with Crippen molar-refractivity contribution in [1.29, 1.82) is 0 Å². The van der Waals surface area contributed by atoms with E-state index >= 15 is 0 Å². The summed E-state index contributed by atoms with van der Waals surface area (Å²) >= 11 is 0. The Morgan fingerprint density at radius 3 is 2.36 bits per heavy atom. The highest BCUT2D eigenvalue weighted by Crippen LogP contribution is 2.22. The topological polar surface area (TPSA) is 64.6 Å². The first-order valence-electron chi connectivity index (χ1n) is 7.90. The van der Waals surface area contributed by atoms with E-state index in [1.54, 1.807) is 25.1 Å². The maximum Gasteiger partial charge on any atom is 0.245 e. The standard InChI is InChI=1S/C19H21NO4S/c1-3-23-18-12-6-7-13-19(18)25(21,22)20-14-8-9-15-24-17-11-5-4-10-16(17)2/h4-7,10-13,20H,3,14-15H2,1-2H3. The van der Waals surface area contributed by atoms with E-state index in [0.29, 0.717) is 12.4 Å².